The predicted octanol–water partition coefficient (Wildman–Crippen LogP) is 1.56. The molecule has 0 spiro atoms. The van der Waals surface area contributed by atoms with Crippen LogP contribution in [0.3, 0.4) is 0 Å². The van der Waals surface area contributed by atoms with Crippen molar-refractivity contribution in [3.05, 3.63) is 34.9 Å². The number of morpholine rings is 1. The zero-order valence-corrected chi connectivity index (χ0v) is 12.7. The van der Waals surface area contributed by atoms with Gasteiger partial charge in [-0.05, 0) is 31.0 Å². The Balaban J connectivity index is 2.26. The highest BCUT2D eigenvalue weighted by atomic mass is 16.5. The van der Waals surface area contributed by atoms with Crippen LogP contribution in [0.2, 0.25) is 0 Å². The summed E-state index contributed by atoms with van der Waals surface area (Å²) < 4.78 is 5.46. The zero-order valence-electron chi connectivity index (χ0n) is 12.7. The van der Waals surface area contributed by atoms with E-state index < -0.39 is 0 Å². The molecule has 0 aliphatic carbocycles. The van der Waals surface area contributed by atoms with Gasteiger partial charge in [-0.25, -0.2) is 0 Å². The van der Waals surface area contributed by atoms with Gasteiger partial charge in [0.05, 0.1) is 25.8 Å². The van der Waals surface area contributed by atoms with Crippen molar-refractivity contribution < 1.29 is 9.53 Å². The molecule has 1 aromatic rings. The minimum Gasteiger partial charge on any atom is -0.377 e. The van der Waals surface area contributed by atoms with Crippen molar-refractivity contribution in [2.45, 2.75) is 26.3 Å². The van der Waals surface area contributed by atoms with Gasteiger partial charge < -0.3 is 15.4 Å². The number of rotatable bonds is 2. The van der Waals surface area contributed by atoms with Gasteiger partial charge in [-0.1, -0.05) is 24.8 Å². The van der Waals surface area contributed by atoms with Gasteiger partial charge in [-0.3, -0.25) is 4.79 Å². The molecule has 1 saturated heterocycles. The Bertz CT molecular complexity index is 572. The van der Waals surface area contributed by atoms with Crippen molar-refractivity contribution in [2.75, 3.05) is 26.3 Å². The number of amides is 1. The number of nitrogens with two attached hydrogens (primary N) is 1. The van der Waals surface area contributed by atoms with Crippen molar-refractivity contribution in [3.8, 4) is 11.8 Å². The molecule has 1 atom stereocenters. The second-order valence-electron chi connectivity index (χ2n) is 5.17. The molecule has 1 aromatic carbocycles. The van der Waals surface area contributed by atoms with Crippen LogP contribution in [0.4, 0.5) is 0 Å². The summed E-state index contributed by atoms with van der Waals surface area (Å²) in [4.78, 5) is 14.6. The Morgan fingerprint density at radius 3 is 3.05 bits per heavy atom. The highest BCUT2D eigenvalue weighted by Gasteiger charge is 2.26. The molecule has 21 heavy (non-hydrogen) atoms. The van der Waals surface area contributed by atoms with E-state index in [-0.39, 0.29) is 11.9 Å². The van der Waals surface area contributed by atoms with E-state index in [1.54, 1.807) is 0 Å². The Hall–Kier alpha value is -1.83. The average Bonchev–Trinajstić information content (AvgIpc) is 2.53. The summed E-state index contributed by atoms with van der Waals surface area (Å²) in [6.07, 6.45) is 0.900. The molecule has 0 saturated carbocycles. The normalized spacial score (nSPS) is 18.0. The molecule has 2 rings (SSSR count). The van der Waals surface area contributed by atoms with Crippen LogP contribution in [0, 0.1) is 18.8 Å². The van der Waals surface area contributed by atoms with Crippen LogP contribution in [-0.4, -0.2) is 43.2 Å². The topological polar surface area (TPSA) is 55.6 Å². The minimum atomic E-state index is 0.0564. The van der Waals surface area contributed by atoms with Crippen LogP contribution in [-0.2, 0) is 4.74 Å². The van der Waals surface area contributed by atoms with E-state index in [1.165, 1.54) is 0 Å². The fourth-order valence-corrected chi connectivity index (χ4v) is 2.46. The Morgan fingerprint density at radius 1 is 1.52 bits per heavy atom. The maximum atomic E-state index is 12.7. The van der Waals surface area contributed by atoms with Gasteiger partial charge >= 0.3 is 0 Å². The number of benzene rings is 1. The lowest BCUT2D eigenvalue weighted by molar-refractivity contribution is -0.00279. The van der Waals surface area contributed by atoms with E-state index in [9.17, 15) is 4.79 Å². The van der Waals surface area contributed by atoms with Crippen molar-refractivity contribution in [3.63, 3.8) is 0 Å². The molecular formula is C17H22N2O2. The van der Waals surface area contributed by atoms with Gasteiger partial charge in [0.25, 0.3) is 5.91 Å². The average molecular weight is 286 g/mol. The summed E-state index contributed by atoms with van der Waals surface area (Å²) in [5.41, 5.74) is 8.02. The van der Waals surface area contributed by atoms with Crippen molar-refractivity contribution in [1.29, 1.82) is 0 Å². The summed E-state index contributed by atoms with van der Waals surface area (Å²) in [6.45, 7) is 6.25. The Labute approximate surface area is 126 Å². The molecule has 1 fully saturated rings. The molecule has 4 nitrogen and oxygen atoms in total. The molecule has 1 heterocycles. The van der Waals surface area contributed by atoms with Crippen LogP contribution >= 0.6 is 0 Å². The highest BCUT2D eigenvalue weighted by Crippen LogP contribution is 2.17. The van der Waals surface area contributed by atoms with Crippen LogP contribution in [0.25, 0.3) is 0 Å². The van der Waals surface area contributed by atoms with Crippen molar-refractivity contribution >= 4 is 5.91 Å². The van der Waals surface area contributed by atoms with E-state index in [2.05, 4.69) is 18.8 Å². The second-order valence-corrected chi connectivity index (χ2v) is 5.17. The standard InChI is InChI=1S/C17H22N2O2/c1-3-16-12-21-10-9-19(16)17(20)15-7-6-13(2)14(11-15)5-4-8-18/h6-7,11,16H,3,8-10,12,18H2,1-2H3. The molecule has 1 amide bonds. The third-order valence-corrected chi connectivity index (χ3v) is 3.77. The summed E-state index contributed by atoms with van der Waals surface area (Å²) in [6, 6.07) is 5.83. The number of ether oxygens (including phenoxy) is 1. The van der Waals surface area contributed by atoms with Gasteiger partial charge in [0.2, 0.25) is 0 Å². The number of aryl methyl sites for hydroxylation is 1. The molecule has 4 heteroatoms. The Morgan fingerprint density at radius 2 is 2.33 bits per heavy atom. The first-order valence-corrected chi connectivity index (χ1v) is 7.35. The Kier molecular flexibility index (Phi) is 5.38. The third-order valence-electron chi connectivity index (χ3n) is 3.77. The number of hydrogen-bond acceptors (Lipinski definition) is 3. The highest BCUT2D eigenvalue weighted by molar-refractivity contribution is 5.95. The van der Waals surface area contributed by atoms with E-state index >= 15 is 0 Å². The zero-order chi connectivity index (χ0) is 15.2. The monoisotopic (exact) mass is 286 g/mol. The van der Waals surface area contributed by atoms with E-state index in [1.807, 2.05) is 30.0 Å². The summed E-state index contributed by atoms with van der Waals surface area (Å²) in [5, 5.41) is 0. The molecule has 0 radical (unpaired) electrons. The fourth-order valence-electron chi connectivity index (χ4n) is 2.46. The maximum absolute atomic E-state index is 12.7. The molecule has 1 unspecified atom stereocenters. The van der Waals surface area contributed by atoms with Crippen molar-refractivity contribution in [2.24, 2.45) is 5.73 Å². The van der Waals surface area contributed by atoms with E-state index in [0.717, 1.165) is 17.5 Å². The van der Waals surface area contributed by atoms with Crippen LogP contribution in [0.15, 0.2) is 18.2 Å². The molecular weight excluding hydrogens is 264 g/mol. The van der Waals surface area contributed by atoms with Gasteiger partial charge in [-0.15, -0.1) is 0 Å². The fraction of sp³-hybridized carbons (Fsp3) is 0.471. The van der Waals surface area contributed by atoms with Gasteiger partial charge in [0, 0.05) is 17.7 Å². The van der Waals surface area contributed by atoms with Crippen LogP contribution in [0.1, 0.15) is 34.8 Å². The number of nitrogens with zero attached hydrogens (tertiary/aromatic N) is 1. The first-order chi connectivity index (χ1) is 10.2. The lowest BCUT2D eigenvalue weighted by Gasteiger charge is -2.35. The lowest BCUT2D eigenvalue weighted by Crippen LogP contribution is -2.48. The molecule has 1 aliphatic rings. The summed E-state index contributed by atoms with van der Waals surface area (Å²) in [5.74, 6) is 5.93. The predicted molar refractivity (Wildman–Crippen MR) is 83.0 cm³/mol. The lowest BCUT2D eigenvalue weighted by atomic mass is 10.0. The van der Waals surface area contributed by atoms with E-state index in [0.29, 0.717) is 31.9 Å². The summed E-state index contributed by atoms with van der Waals surface area (Å²) in [7, 11) is 0. The number of carbonyl (C=O) groups excluding carboxylic acids is 1. The van der Waals surface area contributed by atoms with Crippen LogP contribution < -0.4 is 5.73 Å². The van der Waals surface area contributed by atoms with Gasteiger partial charge in [-0.2, -0.15) is 0 Å². The van der Waals surface area contributed by atoms with Crippen molar-refractivity contribution in [1.82, 2.24) is 4.90 Å². The largest absolute Gasteiger partial charge is 0.377 e. The smallest absolute Gasteiger partial charge is 0.254 e. The first-order valence-electron chi connectivity index (χ1n) is 7.35. The molecule has 2 N–H and O–H groups in total. The van der Waals surface area contributed by atoms with Gasteiger partial charge in [0.15, 0.2) is 0 Å². The molecule has 0 bridgehead atoms. The number of carbonyl (C=O) groups is 1. The molecule has 0 aromatic heterocycles. The SMILES string of the molecule is CCC1COCCN1C(=O)c1ccc(C)c(C#CCN)c1. The second kappa shape index (κ2) is 7.26. The maximum Gasteiger partial charge on any atom is 0.254 e. The van der Waals surface area contributed by atoms with E-state index in [4.69, 9.17) is 10.5 Å². The van der Waals surface area contributed by atoms with Crippen LogP contribution in [0.5, 0.6) is 0 Å². The molecule has 112 valence electrons. The number of hydrogen-bond donors (Lipinski definition) is 1. The van der Waals surface area contributed by atoms with Gasteiger partial charge in [0.1, 0.15) is 0 Å². The third kappa shape index (κ3) is 3.63. The minimum absolute atomic E-state index is 0.0564. The summed E-state index contributed by atoms with van der Waals surface area (Å²) >= 11 is 0. The first kappa shape index (κ1) is 15.6. The molecule has 1 aliphatic heterocycles. The quantitative estimate of drug-likeness (QED) is 0.839.